The number of amides is 1. The van der Waals surface area contributed by atoms with Crippen LogP contribution in [0, 0.1) is 5.92 Å². The van der Waals surface area contributed by atoms with E-state index in [0.29, 0.717) is 17.9 Å². The number of hydrogen-bond donors (Lipinski definition) is 1. The number of carbonyl (C=O) groups is 1. The fraction of sp³-hybridized carbons (Fsp3) is 0.708. The number of hydrogen-bond acceptors (Lipinski definition) is 3. The van der Waals surface area contributed by atoms with E-state index in [9.17, 15) is 4.79 Å². The highest BCUT2D eigenvalue weighted by atomic mass is 16.2. The number of nitrogens with zero attached hydrogens (tertiary/aromatic N) is 2. The Bertz CT molecular complexity index is 641. The first kappa shape index (κ1) is 19.9. The topological polar surface area (TPSA) is 35.6 Å². The summed E-state index contributed by atoms with van der Waals surface area (Å²) in [5.41, 5.74) is 0.889. The first-order valence-corrected chi connectivity index (χ1v) is 11.5. The SMILES string of the molecule is C[C@@H]1CCCCN1C[C@@H]1CCCN(C(=O)C2(c3ccccc3)CCNCC2)C1. The van der Waals surface area contributed by atoms with Crippen LogP contribution in [0.4, 0.5) is 0 Å². The van der Waals surface area contributed by atoms with Gasteiger partial charge in [0.05, 0.1) is 5.41 Å². The molecule has 28 heavy (non-hydrogen) atoms. The van der Waals surface area contributed by atoms with Gasteiger partial charge >= 0.3 is 0 Å². The second-order valence-electron chi connectivity index (χ2n) is 9.30. The zero-order valence-corrected chi connectivity index (χ0v) is 17.5. The van der Waals surface area contributed by atoms with Crippen LogP contribution in [0.5, 0.6) is 0 Å². The van der Waals surface area contributed by atoms with E-state index in [1.165, 1.54) is 44.3 Å². The summed E-state index contributed by atoms with van der Waals surface area (Å²) in [6.07, 6.45) is 8.30. The van der Waals surface area contributed by atoms with Crippen molar-refractivity contribution in [3.05, 3.63) is 35.9 Å². The molecule has 3 fully saturated rings. The Morgan fingerprint density at radius 3 is 2.61 bits per heavy atom. The van der Waals surface area contributed by atoms with E-state index in [4.69, 9.17) is 0 Å². The van der Waals surface area contributed by atoms with Gasteiger partial charge in [0.15, 0.2) is 0 Å². The minimum Gasteiger partial charge on any atom is -0.342 e. The monoisotopic (exact) mass is 383 g/mol. The van der Waals surface area contributed by atoms with Gasteiger partial charge in [0.25, 0.3) is 0 Å². The smallest absolute Gasteiger partial charge is 0.233 e. The third kappa shape index (κ3) is 4.13. The molecule has 0 radical (unpaired) electrons. The fourth-order valence-corrected chi connectivity index (χ4v) is 5.70. The van der Waals surface area contributed by atoms with Crippen LogP contribution in [0.3, 0.4) is 0 Å². The van der Waals surface area contributed by atoms with E-state index in [0.717, 1.165) is 45.4 Å². The molecule has 1 N–H and O–H groups in total. The summed E-state index contributed by atoms with van der Waals surface area (Å²) in [5, 5.41) is 3.46. The van der Waals surface area contributed by atoms with Crippen LogP contribution in [0.2, 0.25) is 0 Å². The Morgan fingerprint density at radius 1 is 1.07 bits per heavy atom. The lowest BCUT2D eigenvalue weighted by Crippen LogP contribution is -2.55. The van der Waals surface area contributed by atoms with Gasteiger partial charge in [0, 0.05) is 25.7 Å². The van der Waals surface area contributed by atoms with Gasteiger partial charge in [-0.3, -0.25) is 4.79 Å². The van der Waals surface area contributed by atoms with Gasteiger partial charge in [-0.05, 0) is 76.6 Å². The second-order valence-corrected chi connectivity index (χ2v) is 9.30. The van der Waals surface area contributed by atoms with Crippen LogP contribution in [-0.4, -0.2) is 61.0 Å². The molecule has 1 amide bonds. The Kier molecular flexibility index (Phi) is 6.37. The summed E-state index contributed by atoms with van der Waals surface area (Å²) in [4.78, 5) is 18.8. The first-order valence-electron chi connectivity index (χ1n) is 11.5. The molecule has 0 aliphatic carbocycles. The third-order valence-electron chi connectivity index (χ3n) is 7.43. The van der Waals surface area contributed by atoms with Crippen molar-refractivity contribution in [2.24, 2.45) is 5.92 Å². The van der Waals surface area contributed by atoms with Crippen LogP contribution < -0.4 is 5.32 Å². The molecule has 4 heteroatoms. The van der Waals surface area contributed by atoms with Crippen LogP contribution in [0.15, 0.2) is 30.3 Å². The lowest BCUT2D eigenvalue weighted by Gasteiger charge is -2.44. The minimum absolute atomic E-state index is 0.327. The first-order chi connectivity index (χ1) is 13.7. The molecule has 0 unspecified atom stereocenters. The molecule has 1 aromatic rings. The Balaban J connectivity index is 1.47. The quantitative estimate of drug-likeness (QED) is 0.865. The van der Waals surface area contributed by atoms with Gasteiger partial charge in [-0.2, -0.15) is 0 Å². The fourth-order valence-electron chi connectivity index (χ4n) is 5.70. The molecule has 3 heterocycles. The lowest BCUT2D eigenvalue weighted by atomic mass is 9.71. The lowest BCUT2D eigenvalue weighted by molar-refractivity contribution is -0.140. The van der Waals surface area contributed by atoms with Gasteiger partial charge in [0.2, 0.25) is 5.91 Å². The Morgan fingerprint density at radius 2 is 1.86 bits per heavy atom. The van der Waals surface area contributed by atoms with E-state index in [2.05, 4.69) is 52.4 Å². The molecular weight excluding hydrogens is 346 g/mol. The molecule has 0 aromatic heterocycles. The van der Waals surface area contributed by atoms with E-state index >= 15 is 0 Å². The molecule has 3 saturated heterocycles. The van der Waals surface area contributed by atoms with Gasteiger partial charge in [0.1, 0.15) is 0 Å². The maximum absolute atomic E-state index is 13.9. The average Bonchev–Trinajstić information content (AvgIpc) is 2.76. The molecule has 0 spiro atoms. The van der Waals surface area contributed by atoms with Crippen LogP contribution in [0.1, 0.15) is 57.4 Å². The number of piperidine rings is 3. The molecular formula is C24H37N3O. The molecule has 2 atom stereocenters. The van der Waals surface area contributed by atoms with E-state index in [1.54, 1.807) is 0 Å². The number of nitrogens with one attached hydrogen (secondary N) is 1. The number of benzene rings is 1. The number of likely N-dealkylation sites (tertiary alicyclic amines) is 2. The summed E-state index contributed by atoms with van der Waals surface area (Å²) in [7, 11) is 0. The second kappa shape index (κ2) is 8.96. The van der Waals surface area contributed by atoms with E-state index < -0.39 is 0 Å². The summed E-state index contributed by atoms with van der Waals surface area (Å²) >= 11 is 0. The van der Waals surface area contributed by atoms with Gasteiger partial charge < -0.3 is 15.1 Å². The number of carbonyl (C=O) groups excluding carboxylic acids is 1. The molecule has 154 valence electrons. The molecule has 3 aliphatic rings. The minimum atomic E-state index is -0.327. The molecule has 0 bridgehead atoms. The van der Waals surface area contributed by atoms with E-state index in [1.807, 2.05) is 0 Å². The summed E-state index contributed by atoms with van der Waals surface area (Å²) in [6, 6.07) is 11.3. The van der Waals surface area contributed by atoms with E-state index in [-0.39, 0.29) is 5.41 Å². The predicted molar refractivity (Wildman–Crippen MR) is 114 cm³/mol. The van der Waals surface area contributed by atoms with Crippen molar-refractivity contribution in [2.75, 3.05) is 39.3 Å². The summed E-state index contributed by atoms with van der Waals surface area (Å²) in [5.74, 6) is 1.02. The average molecular weight is 384 g/mol. The van der Waals surface area contributed by atoms with Gasteiger partial charge in [-0.15, -0.1) is 0 Å². The highest BCUT2D eigenvalue weighted by molar-refractivity contribution is 5.88. The molecule has 4 rings (SSSR count). The normalized spacial score (nSPS) is 28.8. The van der Waals surface area contributed by atoms with Crippen LogP contribution in [0.25, 0.3) is 0 Å². The van der Waals surface area contributed by atoms with Crippen molar-refractivity contribution >= 4 is 5.91 Å². The molecule has 0 saturated carbocycles. The highest BCUT2D eigenvalue weighted by Crippen LogP contribution is 2.37. The molecule has 4 nitrogen and oxygen atoms in total. The zero-order valence-electron chi connectivity index (χ0n) is 17.5. The van der Waals surface area contributed by atoms with Crippen molar-refractivity contribution in [3.8, 4) is 0 Å². The number of rotatable bonds is 4. The Hall–Kier alpha value is -1.39. The van der Waals surface area contributed by atoms with Crippen molar-refractivity contribution in [1.82, 2.24) is 15.1 Å². The van der Waals surface area contributed by atoms with Crippen molar-refractivity contribution in [2.45, 2.75) is 63.3 Å². The maximum Gasteiger partial charge on any atom is 0.233 e. The van der Waals surface area contributed by atoms with Crippen molar-refractivity contribution < 1.29 is 4.79 Å². The highest BCUT2D eigenvalue weighted by Gasteiger charge is 2.44. The zero-order chi connectivity index (χ0) is 19.4. The van der Waals surface area contributed by atoms with Gasteiger partial charge in [-0.1, -0.05) is 36.8 Å². The van der Waals surface area contributed by atoms with Gasteiger partial charge in [-0.25, -0.2) is 0 Å². The van der Waals surface area contributed by atoms with Crippen molar-refractivity contribution in [1.29, 1.82) is 0 Å². The predicted octanol–water partition coefficient (Wildman–Crippen LogP) is 3.42. The Labute approximate surface area is 170 Å². The summed E-state index contributed by atoms with van der Waals surface area (Å²) in [6.45, 7) is 8.55. The molecule has 1 aromatic carbocycles. The summed E-state index contributed by atoms with van der Waals surface area (Å²) < 4.78 is 0. The van der Waals surface area contributed by atoms with Crippen LogP contribution in [-0.2, 0) is 10.2 Å². The molecule has 3 aliphatic heterocycles. The van der Waals surface area contributed by atoms with Crippen molar-refractivity contribution in [3.63, 3.8) is 0 Å². The van der Waals surface area contributed by atoms with Crippen LogP contribution >= 0.6 is 0 Å². The maximum atomic E-state index is 13.9. The standard InChI is InChI=1S/C24H37N3O/c1-20-8-5-6-16-26(20)18-21-9-7-17-27(19-21)23(28)24(12-14-25-15-13-24)22-10-3-2-4-11-22/h2-4,10-11,20-21,25H,5-9,12-19H2,1H3/t20-,21+/m1/s1. The largest absolute Gasteiger partial charge is 0.342 e. The third-order valence-corrected chi connectivity index (χ3v) is 7.43.